The van der Waals surface area contributed by atoms with Crippen molar-refractivity contribution in [3.63, 3.8) is 0 Å². The second-order valence-corrected chi connectivity index (χ2v) is 8.95. The van der Waals surface area contributed by atoms with Gasteiger partial charge in [-0.3, -0.25) is 9.52 Å². The summed E-state index contributed by atoms with van der Waals surface area (Å²) in [6.45, 7) is 1.08. The van der Waals surface area contributed by atoms with E-state index in [4.69, 9.17) is 0 Å². The molecule has 0 fully saturated rings. The number of anilines is 2. The largest absolute Gasteiger partial charge is 0.416 e. The normalized spacial score (nSPS) is 12.8. The van der Waals surface area contributed by atoms with E-state index in [1.165, 1.54) is 31.2 Å². The lowest BCUT2D eigenvalue weighted by Crippen LogP contribution is -2.24. The van der Waals surface area contributed by atoms with Crippen molar-refractivity contribution in [3.8, 4) is 0 Å². The van der Waals surface area contributed by atoms with Crippen molar-refractivity contribution >= 4 is 27.3 Å². The van der Waals surface area contributed by atoms with E-state index in [1.807, 2.05) is 0 Å². The van der Waals surface area contributed by atoms with Crippen LogP contribution in [0.3, 0.4) is 0 Å². The molecule has 0 unspecified atom stereocenters. The summed E-state index contributed by atoms with van der Waals surface area (Å²) in [7, 11) is -4.19. The molecule has 0 heterocycles. The van der Waals surface area contributed by atoms with E-state index >= 15 is 0 Å². The SMILES string of the molecule is Cc1cc(NC(=O)[C@@H](CO)c2ccccc2)ccc1S(=O)(=O)Nc1cccc(C(F)(F)F)c1. The fourth-order valence-corrected chi connectivity index (χ4v) is 4.53. The first-order chi connectivity index (χ1) is 15.5. The van der Waals surface area contributed by atoms with Gasteiger partial charge in [0.2, 0.25) is 5.91 Å². The molecule has 0 aliphatic heterocycles. The minimum atomic E-state index is -4.61. The highest BCUT2D eigenvalue weighted by Gasteiger charge is 2.31. The molecule has 0 aliphatic rings. The molecule has 0 aromatic heterocycles. The molecule has 6 nitrogen and oxygen atoms in total. The van der Waals surface area contributed by atoms with Crippen LogP contribution < -0.4 is 10.0 Å². The predicted octanol–water partition coefficient (Wildman–Crippen LogP) is 4.53. The molecule has 33 heavy (non-hydrogen) atoms. The number of rotatable bonds is 7. The van der Waals surface area contributed by atoms with Crippen molar-refractivity contribution in [2.45, 2.75) is 23.9 Å². The second kappa shape index (κ2) is 9.63. The van der Waals surface area contributed by atoms with Gasteiger partial charge in [0.05, 0.1) is 23.0 Å². The van der Waals surface area contributed by atoms with Crippen LogP contribution in [-0.2, 0) is 21.0 Å². The van der Waals surface area contributed by atoms with E-state index in [0.29, 0.717) is 17.3 Å². The van der Waals surface area contributed by atoms with Crippen molar-refractivity contribution < 1.29 is 31.5 Å². The Morgan fingerprint density at radius 2 is 1.67 bits per heavy atom. The standard InChI is InChI=1S/C23H21F3N2O4S/c1-15-12-18(27-22(30)20(14-29)16-6-3-2-4-7-16)10-11-21(15)33(31,32)28-19-9-5-8-17(13-19)23(24,25)26/h2-13,20,28-29H,14H2,1H3,(H,27,30)/t20-/m0/s1. The number of hydrogen-bond acceptors (Lipinski definition) is 4. The van der Waals surface area contributed by atoms with Crippen LogP contribution in [0.25, 0.3) is 0 Å². The Kier molecular flexibility index (Phi) is 7.09. The van der Waals surface area contributed by atoms with Crippen LogP contribution in [0.1, 0.15) is 22.6 Å². The lowest BCUT2D eigenvalue weighted by Gasteiger charge is -2.16. The third-order valence-corrected chi connectivity index (χ3v) is 6.42. The van der Waals surface area contributed by atoms with Gasteiger partial charge in [-0.15, -0.1) is 0 Å². The molecule has 3 aromatic carbocycles. The number of carbonyl (C=O) groups is 1. The first-order valence-electron chi connectivity index (χ1n) is 9.78. The Morgan fingerprint density at radius 1 is 0.970 bits per heavy atom. The summed E-state index contributed by atoms with van der Waals surface area (Å²) in [4.78, 5) is 12.4. The Labute approximate surface area is 189 Å². The number of sulfonamides is 1. The fraction of sp³-hybridized carbons (Fsp3) is 0.174. The molecule has 0 radical (unpaired) electrons. The molecule has 1 atom stereocenters. The van der Waals surface area contributed by atoms with Gasteiger partial charge in [-0.25, -0.2) is 8.42 Å². The first-order valence-corrected chi connectivity index (χ1v) is 11.3. The van der Waals surface area contributed by atoms with E-state index in [9.17, 15) is 31.5 Å². The van der Waals surface area contributed by atoms with E-state index in [1.54, 1.807) is 30.3 Å². The molecule has 0 bridgehead atoms. The highest BCUT2D eigenvalue weighted by atomic mass is 32.2. The van der Waals surface area contributed by atoms with Crippen molar-refractivity contribution in [1.82, 2.24) is 0 Å². The van der Waals surface area contributed by atoms with E-state index in [-0.39, 0.29) is 16.1 Å². The van der Waals surface area contributed by atoms with Crippen molar-refractivity contribution in [2.75, 3.05) is 16.6 Å². The number of alkyl halides is 3. The fourth-order valence-electron chi connectivity index (χ4n) is 3.25. The quantitative estimate of drug-likeness (QED) is 0.465. The molecule has 0 spiro atoms. The average molecular weight is 478 g/mol. The maximum Gasteiger partial charge on any atom is 0.416 e. The lowest BCUT2D eigenvalue weighted by molar-refractivity contribution is -0.137. The first kappa shape index (κ1) is 24.3. The molecule has 0 saturated carbocycles. The number of amides is 1. The molecule has 3 N–H and O–H groups in total. The van der Waals surface area contributed by atoms with Crippen LogP contribution in [0.4, 0.5) is 24.5 Å². The number of carbonyl (C=O) groups excluding carboxylic acids is 1. The number of nitrogens with one attached hydrogen (secondary N) is 2. The molecular weight excluding hydrogens is 457 g/mol. The van der Waals surface area contributed by atoms with E-state index < -0.39 is 40.2 Å². The van der Waals surface area contributed by atoms with Gasteiger partial charge in [0.25, 0.3) is 10.0 Å². The zero-order chi connectivity index (χ0) is 24.2. The Hall–Kier alpha value is -3.37. The summed E-state index contributed by atoms with van der Waals surface area (Å²) in [5.41, 5.74) is 0.000677. The minimum Gasteiger partial charge on any atom is -0.395 e. The van der Waals surface area contributed by atoms with Gasteiger partial charge in [-0.2, -0.15) is 13.2 Å². The molecule has 10 heteroatoms. The molecule has 174 valence electrons. The number of benzene rings is 3. The van der Waals surface area contributed by atoms with E-state index in [0.717, 1.165) is 12.1 Å². The summed E-state index contributed by atoms with van der Waals surface area (Å²) in [5.74, 6) is -1.28. The van der Waals surface area contributed by atoms with Gasteiger partial charge < -0.3 is 10.4 Å². The van der Waals surface area contributed by atoms with Crippen LogP contribution in [0, 0.1) is 6.92 Å². The van der Waals surface area contributed by atoms with E-state index in [2.05, 4.69) is 10.0 Å². The topological polar surface area (TPSA) is 95.5 Å². The number of aliphatic hydroxyl groups is 1. The third kappa shape index (κ3) is 5.91. The lowest BCUT2D eigenvalue weighted by atomic mass is 9.99. The van der Waals surface area contributed by atoms with Crippen molar-refractivity contribution in [1.29, 1.82) is 0 Å². The van der Waals surface area contributed by atoms with Gasteiger partial charge in [0.15, 0.2) is 0 Å². The Bertz CT molecular complexity index is 1250. The van der Waals surface area contributed by atoms with Crippen LogP contribution >= 0.6 is 0 Å². The highest BCUT2D eigenvalue weighted by molar-refractivity contribution is 7.92. The number of hydrogen-bond donors (Lipinski definition) is 3. The average Bonchev–Trinajstić information content (AvgIpc) is 2.74. The van der Waals surface area contributed by atoms with Crippen LogP contribution in [0.5, 0.6) is 0 Å². The number of aryl methyl sites for hydroxylation is 1. The molecule has 0 aliphatic carbocycles. The molecule has 0 saturated heterocycles. The Balaban J connectivity index is 1.79. The minimum absolute atomic E-state index is 0.153. The van der Waals surface area contributed by atoms with Gasteiger partial charge in [0.1, 0.15) is 0 Å². The predicted molar refractivity (Wildman–Crippen MR) is 118 cm³/mol. The molecular formula is C23H21F3N2O4S. The maximum absolute atomic E-state index is 12.9. The summed E-state index contributed by atoms with van der Waals surface area (Å²) < 4.78 is 66.3. The second-order valence-electron chi connectivity index (χ2n) is 7.30. The molecule has 3 rings (SSSR count). The summed E-state index contributed by atoms with van der Waals surface area (Å²) in [6, 6.07) is 16.6. The maximum atomic E-state index is 12.9. The smallest absolute Gasteiger partial charge is 0.395 e. The number of aliphatic hydroxyl groups excluding tert-OH is 1. The van der Waals surface area contributed by atoms with Crippen LogP contribution in [0.2, 0.25) is 0 Å². The Morgan fingerprint density at radius 3 is 2.27 bits per heavy atom. The van der Waals surface area contributed by atoms with Gasteiger partial charge in [0, 0.05) is 11.4 Å². The summed E-state index contributed by atoms with van der Waals surface area (Å²) >= 11 is 0. The van der Waals surface area contributed by atoms with Crippen molar-refractivity contribution in [2.24, 2.45) is 0 Å². The monoisotopic (exact) mass is 478 g/mol. The summed E-state index contributed by atoms with van der Waals surface area (Å²) in [6.07, 6.45) is -4.61. The van der Waals surface area contributed by atoms with Crippen LogP contribution in [0.15, 0.2) is 77.7 Å². The van der Waals surface area contributed by atoms with Crippen molar-refractivity contribution in [3.05, 3.63) is 89.5 Å². The molecule has 1 amide bonds. The molecule has 3 aromatic rings. The highest BCUT2D eigenvalue weighted by Crippen LogP contribution is 2.31. The zero-order valence-electron chi connectivity index (χ0n) is 17.4. The van der Waals surface area contributed by atoms with Gasteiger partial charge in [-0.1, -0.05) is 36.4 Å². The number of halogens is 3. The summed E-state index contributed by atoms with van der Waals surface area (Å²) in [5, 5.41) is 12.3. The third-order valence-electron chi connectivity index (χ3n) is 4.88. The zero-order valence-corrected chi connectivity index (χ0v) is 18.2. The van der Waals surface area contributed by atoms with Gasteiger partial charge in [-0.05, 0) is 54.4 Å². The van der Waals surface area contributed by atoms with Gasteiger partial charge >= 0.3 is 6.18 Å². The van der Waals surface area contributed by atoms with Crippen LogP contribution in [-0.4, -0.2) is 26.0 Å².